The number of pyridine rings is 1. The molecule has 5 aromatic rings. The molecule has 0 saturated carbocycles. The topological polar surface area (TPSA) is 45.8 Å². The van der Waals surface area contributed by atoms with Gasteiger partial charge in [-0.1, -0.05) is 36.4 Å². The Hall–Kier alpha value is -4.09. The lowest BCUT2D eigenvalue weighted by molar-refractivity contribution is -0.645. The second-order valence-corrected chi connectivity index (χ2v) is 8.65. The SMILES string of the molecule is COc1cccc2c1-c1c3c(OC)cccc3[n+](CCCO)c3cccc(c13)N2c1ccccc1. The van der Waals surface area contributed by atoms with Crippen molar-refractivity contribution in [3.63, 3.8) is 0 Å². The second kappa shape index (κ2) is 8.60. The smallest absolute Gasteiger partial charge is 0.217 e. The highest BCUT2D eigenvalue weighted by atomic mass is 16.5. The third-order valence-corrected chi connectivity index (χ3v) is 6.84. The van der Waals surface area contributed by atoms with E-state index in [1.807, 2.05) is 30.3 Å². The number of aromatic nitrogens is 1. The summed E-state index contributed by atoms with van der Waals surface area (Å²) >= 11 is 0. The van der Waals surface area contributed by atoms with Gasteiger partial charge < -0.3 is 19.5 Å². The first-order valence-electron chi connectivity index (χ1n) is 11.9. The number of ether oxygens (including phenoxy) is 2. The van der Waals surface area contributed by atoms with Crippen LogP contribution in [0.5, 0.6) is 11.5 Å². The van der Waals surface area contributed by atoms with Gasteiger partial charge in [0.15, 0.2) is 6.54 Å². The summed E-state index contributed by atoms with van der Waals surface area (Å²) in [6, 6.07) is 29.3. The van der Waals surface area contributed by atoms with E-state index in [1.54, 1.807) is 14.2 Å². The molecule has 5 heteroatoms. The van der Waals surface area contributed by atoms with E-state index in [0.29, 0.717) is 13.0 Å². The van der Waals surface area contributed by atoms with Crippen LogP contribution >= 0.6 is 0 Å². The number of aryl methyl sites for hydroxylation is 1. The van der Waals surface area contributed by atoms with E-state index in [9.17, 15) is 5.11 Å². The van der Waals surface area contributed by atoms with Gasteiger partial charge in [0.1, 0.15) is 11.5 Å². The lowest BCUT2D eigenvalue weighted by Crippen LogP contribution is -2.37. The van der Waals surface area contributed by atoms with Crippen LogP contribution in [0.1, 0.15) is 6.42 Å². The van der Waals surface area contributed by atoms with Gasteiger partial charge in [-0.15, -0.1) is 0 Å². The highest BCUT2D eigenvalue weighted by molar-refractivity contribution is 6.21. The van der Waals surface area contributed by atoms with E-state index in [0.717, 1.165) is 61.5 Å². The number of nitrogens with zero attached hydrogens (tertiary/aromatic N) is 2. The van der Waals surface area contributed by atoms with Crippen molar-refractivity contribution in [1.82, 2.24) is 0 Å². The minimum absolute atomic E-state index is 0.133. The normalized spacial score (nSPS) is 12.1. The molecule has 0 spiro atoms. The quantitative estimate of drug-likeness (QED) is 0.238. The fourth-order valence-corrected chi connectivity index (χ4v) is 5.45. The fourth-order valence-electron chi connectivity index (χ4n) is 5.45. The van der Waals surface area contributed by atoms with Crippen LogP contribution in [-0.2, 0) is 6.54 Å². The molecule has 35 heavy (non-hydrogen) atoms. The van der Waals surface area contributed by atoms with Crippen molar-refractivity contribution in [3.05, 3.63) is 84.9 Å². The number of rotatable bonds is 6. The number of methoxy groups -OCH3 is 2. The standard InChI is InChI=1S/C30H27N2O3/c1-34-25-16-7-13-22-28(25)30-27-21(31(22)18-9-19-33)12-6-14-23(27)32(20-10-4-3-5-11-20)24-15-8-17-26(35-2)29(24)30/h3-8,10-17,33H,9,18-19H2,1-2H3/q+1. The van der Waals surface area contributed by atoms with Gasteiger partial charge >= 0.3 is 0 Å². The van der Waals surface area contributed by atoms with Gasteiger partial charge in [-0.3, -0.25) is 0 Å². The lowest BCUT2D eigenvalue weighted by atomic mass is 9.88. The summed E-state index contributed by atoms with van der Waals surface area (Å²) in [6.07, 6.45) is 0.665. The average molecular weight is 464 g/mol. The Morgan fingerprint density at radius 2 is 1.34 bits per heavy atom. The molecule has 0 unspecified atom stereocenters. The molecule has 5 nitrogen and oxygen atoms in total. The van der Waals surface area contributed by atoms with Crippen molar-refractivity contribution in [2.45, 2.75) is 13.0 Å². The highest BCUT2D eigenvalue weighted by Crippen LogP contribution is 2.56. The number of aliphatic hydroxyl groups excluding tert-OH is 1. The maximum atomic E-state index is 9.67. The molecule has 0 amide bonds. The van der Waals surface area contributed by atoms with Crippen LogP contribution in [0.3, 0.4) is 0 Å². The first-order valence-corrected chi connectivity index (χ1v) is 11.9. The van der Waals surface area contributed by atoms with Crippen LogP contribution in [-0.4, -0.2) is 25.9 Å². The van der Waals surface area contributed by atoms with E-state index >= 15 is 0 Å². The first-order chi connectivity index (χ1) is 17.3. The summed E-state index contributed by atoms with van der Waals surface area (Å²) in [5, 5.41) is 11.9. The van der Waals surface area contributed by atoms with Gasteiger partial charge in [-0.25, -0.2) is 0 Å². The zero-order chi connectivity index (χ0) is 23.9. The molecule has 6 rings (SSSR count). The largest absolute Gasteiger partial charge is 0.496 e. The average Bonchev–Trinajstić information content (AvgIpc) is 2.92. The Kier molecular flexibility index (Phi) is 5.27. The van der Waals surface area contributed by atoms with Gasteiger partial charge in [-0.05, 0) is 36.4 Å². The minimum Gasteiger partial charge on any atom is -0.496 e. The number of hydrogen-bond donors (Lipinski definition) is 1. The number of para-hydroxylation sites is 1. The third kappa shape index (κ3) is 3.16. The van der Waals surface area contributed by atoms with E-state index < -0.39 is 0 Å². The Morgan fingerprint density at radius 3 is 2.09 bits per heavy atom. The molecule has 2 heterocycles. The number of anilines is 3. The summed E-state index contributed by atoms with van der Waals surface area (Å²) in [5.41, 5.74) is 7.61. The predicted molar refractivity (Wildman–Crippen MR) is 140 cm³/mol. The van der Waals surface area contributed by atoms with Crippen LogP contribution in [0.2, 0.25) is 0 Å². The Balaban J connectivity index is 1.87. The van der Waals surface area contributed by atoms with Gasteiger partial charge in [0.2, 0.25) is 11.0 Å². The molecule has 0 atom stereocenters. The molecular weight excluding hydrogens is 436 g/mol. The Morgan fingerprint density at radius 1 is 0.686 bits per heavy atom. The Labute approximate surface area is 204 Å². The molecule has 0 aliphatic carbocycles. The highest BCUT2D eigenvalue weighted by Gasteiger charge is 2.35. The molecule has 0 radical (unpaired) electrons. The summed E-state index contributed by atoms with van der Waals surface area (Å²) in [4.78, 5) is 2.31. The molecule has 1 aliphatic rings. The monoisotopic (exact) mass is 463 g/mol. The van der Waals surface area contributed by atoms with Gasteiger partial charge in [0.25, 0.3) is 0 Å². The van der Waals surface area contributed by atoms with Crippen molar-refractivity contribution in [2.24, 2.45) is 0 Å². The molecular formula is C30H27N2O3+. The molecule has 4 aromatic carbocycles. The van der Waals surface area contributed by atoms with E-state index in [4.69, 9.17) is 9.47 Å². The van der Waals surface area contributed by atoms with Crippen molar-refractivity contribution in [3.8, 4) is 22.6 Å². The summed E-state index contributed by atoms with van der Waals surface area (Å²) in [6.45, 7) is 0.832. The predicted octanol–water partition coefficient (Wildman–Crippen LogP) is 6.13. The zero-order valence-electron chi connectivity index (χ0n) is 19.9. The fraction of sp³-hybridized carbons (Fsp3) is 0.167. The molecule has 0 fully saturated rings. The van der Waals surface area contributed by atoms with Crippen LogP contribution in [0.15, 0.2) is 84.9 Å². The van der Waals surface area contributed by atoms with Gasteiger partial charge in [-0.2, -0.15) is 4.57 Å². The summed E-state index contributed by atoms with van der Waals surface area (Å²) < 4.78 is 14.2. The minimum atomic E-state index is 0.133. The maximum absolute atomic E-state index is 9.67. The van der Waals surface area contributed by atoms with Gasteiger partial charge in [0.05, 0.1) is 36.4 Å². The van der Waals surface area contributed by atoms with Crippen molar-refractivity contribution in [2.75, 3.05) is 25.7 Å². The first kappa shape index (κ1) is 21.4. The van der Waals surface area contributed by atoms with Crippen molar-refractivity contribution >= 4 is 38.9 Å². The number of fused-ring (bicyclic) bond motifs is 4. The van der Waals surface area contributed by atoms with Crippen LogP contribution < -0.4 is 18.9 Å². The van der Waals surface area contributed by atoms with Gasteiger partial charge in [0, 0.05) is 42.0 Å². The molecule has 0 saturated heterocycles. The second-order valence-electron chi connectivity index (χ2n) is 8.65. The molecule has 1 N–H and O–H groups in total. The summed E-state index contributed by atoms with van der Waals surface area (Å²) in [7, 11) is 3.45. The van der Waals surface area contributed by atoms with Crippen LogP contribution in [0.4, 0.5) is 17.1 Å². The number of aliphatic hydroxyl groups is 1. The molecule has 1 aliphatic heterocycles. The lowest BCUT2D eigenvalue weighted by Gasteiger charge is -2.34. The zero-order valence-corrected chi connectivity index (χ0v) is 19.9. The van der Waals surface area contributed by atoms with Crippen LogP contribution in [0.25, 0.3) is 32.9 Å². The van der Waals surface area contributed by atoms with E-state index in [1.165, 1.54) is 0 Å². The number of benzene rings is 4. The molecule has 0 bridgehead atoms. The molecule has 174 valence electrons. The maximum Gasteiger partial charge on any atom is 0.217 e. The third-order valence-electron chi connectivity index (χ3n) is 6.84. The summed E-state index contributed by atoms with van der Waals surface area (Å²) in [5.74, 6) is 1.64. The van der Waals surface area contributed by atoms with E-state index in [2.05, 4.69) is 64.1 Å². The van der Waals surface area contributed by atoms with Crippen LogP contribution in [0, 0.1) is 0 Å². The number of hydrogen-bond acceptors (Lipinski definition) is 4. The van der Waals surface area contributed by atoms with E-state index in [-0.39, 0.29) is 6.61 Å². The Bertz CT molecular complexity index is 1560. The van der Waals surface area contributed by atoms with Crippen molar-refractivity contribution in [1.29, 1.82) is 0 Å². The van der Waals surface area contributed by atoms with Crippen molar-refractivity contribution < 1.29 is 19.1 Å². The molecule has 1 aromatic heterocycles.